The zero-order valence-electron chi connectivity index (χ0n) is 63.1. The van der Waals surface area contributed by atoms with Gasteiger partial charge in [0, 0.05) is 5.41 Å². The Labute approximate surface area is 660 Å². The van der Waals surface area contributed by atoms with Gasteiger partial charge in [0.25, 0.3) is 0 Å². The van der Waals surface area contributed by atoms with E-state index < -0.39 is 0 Å². The molecule has 0 saturated heterocycles. The first-order chi connectivity index (χ1) is 55.9. The highest BCUT2D eigenvalue weighted by atomic mass is 14.4. The normalized spacial score (nSPS) is 12.1. The van der Waals surface area contributed by atoms with Gasteiger partial charge >= 0.3 is 0 Å². The molecule has 0 radical (unpaired) electrons. The van der Waals surface area contributed by atoms with Gasteiger partial charge in [-0.05, 0) is 221 Å². The minimum Gasteiger partial charge on any atom is -0.0622 e. The lowest BCUT2D eigenvalue weighted by Gasteiger charge is -2.21. The first-order valence-corrected chi connectivity index (χ1v) is 39.4. The first-order valence-electron chi connectivity index (χ1n) is 39.4. The van der Waals surface area contributed by atoms with Gasteiger partial charge in [0.2, 0.25) is 0 Å². The topological polar surface area (TPSA) is 0 Å². The van der Waals surface area contributed by atoms with Crippen LogP contribution in [0.15, 0.2) is 437 Å². The van der Waals surface area contributed by atoms with Crippen molar-refractivity contribution >= 4 is 86.2 Å². The Bertz CT molecular complexity index is 7010. The molecule has 0 spiro atoms. The molecule has 530 valence electrons. The van der Waals surface area contributed by atoms with E-state index in [0.717, 1.165) is 0 Å². The average Bonchev–Trinajstić information content (AvgIpc) is 1.53. The minimum absolute atomic E-state index is 0.0301. The second-order valence-electron chi connectivity index (χ2n) is 30.4. The summed E-state index contributed by atoms with van der Waals surface area (Å²) in [4.78, 5) is 0. The Morgan fingerprint density at radius 2 is 0.381 bits per heavy atom. The summed E-state index contributed by atoms with van der Waals surface area (Å²) >= 11 is 0. The van der Waals surface area contributed by atoms with Crippen LogP contribution in [-0.2, 0) is 5.41 Å². The molecule has 0 heterocycles. The molecule has 113 heavy (non-hydrogen) atoms. The number of rotatable bonds is 9. The summed E-state index contributed by atoms with van der Waals surface area (Å²) in [5, 5.41) is 20.5. The van der Waals surface area contributed by atoms with Gasteiger partial charge in [0.1, 0.15) is 0 Å². The van der Waals surface area contributed by atoms with Crippen LogP contribution in [0.5, 0.6) is 0 Å². The molecule has 21 aromatic carbocycles. The lowest BCUT2D eigenvalue weighted by molar-refractivity contribution is 0.660. The van der Waals surface area contributed by atoms with Crippen molar-refractivity contribution < 1.29 is 0 Å². The van der Waals surface area contributed by atoms with Crippen molar-refractivity contribution in [3.8, 4) is 111 Å². The molecule has 22 rings (SSSR count). The van der Waals surface area contributed by atoms with Crippen molar-refractivity contribution in [1.82, 2.24) is 0 Å². The maximum absolute atomic E-state index is 2.39. The Hall–Kier alpha value is -14.3. The third kappa shape index (κ3) is 12.2. The van der Waals surface area contributed by atoms with Crippen molar-refractivity contribution in [1.29, 1.82) is 0 Å². The average molecular weight is 1440 g/mol. The van der Waals surface area contributed by atoms with E-state index in [1.165, 1.54) is 209 Å². The summed E-state index contributed by atoms with van der Waals surface area (Å²) in [6, 6.07) is 159. The zero-order chi connectivity index (χ0) is 75.4. The van der Waals surface area contributed by atoms with Crippen LogP contribution >= 0.6 is 0 Å². The monoisotopic (exact) mass is 1430 g/mol. The molecule has 0 amide bonds. The van der Waals surface area contributed by atoms with Gasteiger partial charge in [-0.3, -0.25) is 0 Å². The summed E-state index contributed by atoms with van der Waals surface area (Å²) in [6.45, 7) is 4.67. The fraction of sp³-hybridized carbons (Fsp3) is 0.0265. The van der Waals surface area contributed by atoms with Gasteiger partial charge in [0.05, 0.1) is 0 Å². The first kappa shape index (κ1) is 68.0. The van der Waals surface area contributed by atoms with Gasteiger partial charge < -0.3 is 0 Å². The van der Waals surface area contributed by atoms with Crippen LogP contribution in [-0.4, -0.2) is 0 Å². The molecule has 0 unspecified atom stereocenters. The highest BCUT2D eigenvalue weighted by molar-refractivity contribution is 6.24. The molecular formula is C113H78. The number of benzene rings is 21. The molecule has 0 fully saturated rings. The van der Waals surface area contributed by atoms with Gasteiger partial charge in [-0.15, -0.1) is 0 Å². The molecular weight excluding hydrogens is 1360 g/mol. The molecule has 1 aliphatic carbocycles. The van der Waals surface area contributed by atoms with Crippen LogP contribution in [0.3, 0.4) is 0 Å². The highest BCUT2D eigenvalue weighted by Crippen LogP contribution is 2.52. The zero-order valence-corrected chi connectivity index (χ0v) is 63.1. The van der Waals surface area contributed by atoms with Gasteiger partial charge in [-0.25, -0.2) is 0 Å². The third-order valence-corrected chi connectivity index (χ3v) is 23.6. The summed E-state index contributed by atoms with van der Waals surface area (Å²) in [5.41, 5.74) is 28.4. The third-order valence-electron chi connectivity index (χ3n) is 23.6. The van der Waals surface area contributed by atoms with Crippen LogP contribution < -0.4 is 0 Å². The molecule has 0 aromatic heterocycles. The van der Waals surface area contributed by atoms with E-state index in [1.54, 1.807) is 0 Å². The predicted octanol–water partition coefficient (Wildman–Crippen LogP) is 31.6. The Morgan fingerprint density at radius 1 is 0.133 bits per heavy atom. The molecule has 0 aliphatic heterocycles. The lowest BCUT2D eigenvalue weighted by Crippen LogP contribution is -2.14. The van der Waals surface area contributed by atoms with Crippen molar-refractivity contribution in [3.05, 3.63) is 448 Å². The summed E-state index contributed by atoms with van der Waals surface area (Å²) in [5.74, 6) is 0. The van der Waals surface area contributed by atoms with E-state index in [1.807, 2.05) is 0 Å². The van der Waals surface area contributed by atoms with Crippen LogP contribution in [0.2, 0.25) is 0 Å². The van der Waals surface area contributed by atoms with E-state index >= 15 is 0 Å². The number of hydrogen-bond acceptors (Lipinski definition) is 0. The Balaban J connectivity index is 0.000000110. The predicted molar refractivity (Wildman–Crippen MR) is 486 cm³/mol. The van der Waals surface area contributed by atoms with E-state index in [9.17, 15) is 0 Å². The van der Waals surface area contributed by atoms with E-state index in [-0.39, 0.29) is 5.41 Å². The number of hydrogen-bond donors (Lipinski definition) is 0. The standard InChI is InChI=1S/C41H30.2C36H24/c1-41(2)37-19-11-10-14-31(37)36-26-30(24-25-38(36)41)27-20-22-29(23-21-27)40-34-17-8-6-15-32(34)39(28-12-4-3-5-13-28)33-16-7-9-18-35(33)40;1-2-12-27(13-3-1)35-31-16-6-8-18-33(31)36(34-19-9-7-17-32(34)35)28-23-21-26(22-24-28)30-20-10-14-25-11-4-5-15-29(25)30;1-2-11-27(12-3-1)35-31-14-6-8-16-33(31)36(34-17-9-7-15-32(34)35)28-21-18-26(19-22-28)30-23-20-25-10-4-5-13-29(25)24-30/h3-26H,1-2H3;2*1-24H. The van der Waals surface area contributed by atoms with Crippen molar-refractivity contribution in [3.63, 3.8) is 0 Å². The van der Waals surface area contributed by atoms with Crippen molar-refractivity contribution in [2.24, 2.45) is 0 Å². The van der Waals surface area contributed by atoms with Crippen LogP contribution in [0.4, 0.5) is 0 Å². The number of fused-ring (bicyclic) bond motifs is 11. The van der Waals surface area contributed by atoms with Crippen molar-refractivity contribution in [2.75, 3.05) is 0 Å². The molecule has 0 saturated carbocycles. The van der Waals surface area contributed by atoms with E-state index in [2.05, 4.69) is 451 Å². The van der Waals surface area contributed by atoms with Gasteiger partial charge in [-0.1, -0.05) is 438 Å². The summed E-state index contributed by atoms with van der Waals surface area (Å²) in [7, 11) is 0. The second-order valence-corrected chi connectivity index (χ2v) is 30.4. The maximum atomic E-state index is 2.39. The molecule has 0 nitrogen and oxygen atoms in total. The molecule has 0 atom stereocenters. The Kier molecular flexibility index (Phi) is 17.4. The fourth-order valence-corrected chi connectivity index (χ4v) is 18.3. The highest BCUT2D eigenvalue weighted by Gasteiger charge is 2.35. The van der Waals surface area contributed by atoms with E-state index in [0.29, 0.717) is 0 Å². The smallest absolute Gasteiger partial charge is 0.0158 e. The quantitative estimate of drug-likeness (QED) is 0.126. The molecule has 21 aromatic rings. The van der Waals surface area contributed by atoms with Crippen LogP contribution in [0.25, 0.3) is 197 Å². The molecule has 0 bridgehead atoms. The summed E-state index contributed by atoms with van der Waals surface area (Å²) in [6.07, 6.45) is 0. The maximum Gasteiger partial charge on any atom is 0.0158 e. The Morgan fingerprint density at radius 3 is 0.770 bits per heavy atom. The van der Waals surface area contributed by atoms with Gasteiger partial charge in [-0.2, -0.15) is 0 Å². The molecule has 0 N–H and O–H groups in total. The van der Waals surface area contributed by atoms with Crippen LogP contribution in [0.1, 0.15) is 25.0 Å². The van der Waals surface area contributed by atoms with Gasteiger partial charge in [0.15, 0.2) is 0 Å². The lowest BCUT2D eigenvalue weighted by atomic mass is 9.82. The summed E-state index contributed by atoms with van der Waals surface area (Å²) < 4.78 is 0. The molecule has 1 aliphatic rings. The van der Waals surface area contributed by atoms with Crippen LogP contribution in [0, 0.1) is 0 Å². The second kappa shape index (κ2) is 28.9. The SMILES string of the molecule is CC1(C)c2ccccc2-c2cc(-c3ccc(-c4c5ccccc5c(-c5ccccc5)c5ccccc45)cc3)ccc21.c1ccc(-c2c3ccccc3c(-c3ccc(-c4ccc5ccccc5c4)cc3)c3ccccc23)cc1.c1ccc(-c2c3ccccc3c(-c3ccc(-c4cccc5ccccc45)cc3)c3ccccc23)cc1. The van der Waals surface area contributed by atoms with E-state index in [4.69, 9.17) is 0 Å². The van der Waals surface area contributed by atoms with Crippen molar-refractivity contribution in [2.45, 2.75) is 19.3 Å². The largest absolute Gasteiger partial charge is 0.0622 e. The fourth-order valence-electron chi connectivity index (χ4n) is 18.3. The minimum atomic E-state index is 0.0301. The molecule has 0 heteroatoms.